The molecule has 1 aromatic carbocycles. The average Bonchev–Trinajstić information content (AvgIpc) is 2.42. The molecule has 0 radical (unpaired) electrons. The van der Waals surface area contributed by atoms with Gasteiger partial charge in [0.1, 0.15) is 0 Å². The zero-order valence-corrected chi connectivity index (χ0v) is 12.7. The van der Waals surface area contributed by atoms with Crippen LogP contribution in [0.15, 0.2) is 18.2 Å². The number of carboxylic acids is 1. The van der Waals surface area contributed by atoms with Crippen LogP contribution in [0.2, 0.25) is 10.0 Å². The Bertz CT molecular complexity index is 550. The molecule has 1 amide bonds. The summed E-state index contributed by atoms with van der Waals surface area (Å²) in [5.74, 6) is -1.11. The van der Waals surface area contributed by atoms with Gasteiger partial charge in [-0.15, -0.1) is 0 Å². The summed E-state index contributed by atoms with van der Waals surface area (Å²) >= 11 is 11.9. The van der Waals surface area contributed by atoms with E-state index in [1.807, 2.05) is 0 Å². The number of halogens is 2. The Kier molecular flexibility index (Phi) is 5.45. The predicted octanol–water partition coefficient (Wildman–Crippen LogP) is 2.24. The van der Waals surface area contributed by atoms with Gasteiger partial charge in [0.25, 0.3) is 0 Å². The Labute approximate surface area is 132 Å². The zero-order chi connectivity index (χ0) is 15.4. The highest BCUT2D eigenvalue weighted by Crippen LogP contribution is 2.22. The fourth-order valence-corrected chi connectivity index (χ4v) is 2.76. The topological polar surface area (TPSA) is 66.8 Å². The van der Waals surface area contributed by atoms with Crippen molar-refractivity contribution in [2.45, 2.75) is 18.9 Å². The van der Waals surface area contributed by atoms with Crippen molar-refractivity contribution in [2.75, 3.05) is 19.8 Å². The summed E-state index contributed by atoms with van der Waals surface area (Å²) < 4.78 is 5.25. The first-order valence-electron chi connectivity index (χ1n) is 6.50. The Hall–Kier alpha value is -1.30. The van der Waals surface area contributed by atoms with Gasteiger partial charge in [0.05, 0.1) is 32.1 Å². The third kappa shape index (κ3) is 4.33. The maximum Gasteiger partial charge on any atom is 0.305 e. The number of nitrogens with zero attached hydrogens (tertiary/aromatic N) is 1. The summed E-state index contributed by atoms with van der Waals surface area (Å²) in [5.41, 5.74) is 0.673. The summed E-state index contributed by atoms with van der Waals surface area (Å²) in [6.45, 7) is 1.05. The van der Waals surface area contributed by atoms with E-state index in [4.69, 9.17) is 33.0 Å². The van der Waals surface area contributed by atoms with Crippen LogP contribution in [0.4, 0.5) is 0 Å². The number of hydrogen-bond acceptors (Lipinski definition) is 3. The van der Waals surface area contributed by atoms with Gasteiger partial charge in [-0.2, -0.15) is 0 Å². The number of rotatable bonds is 4. The summed E-state index contributed by atoms with van der Waals surface area (Å²) in [5, 5.41) is 9.84. The molecule has 1 N–H and O–H groups in total. The number of carbonyl (C=O) groups is 2. The number of hydrogen-bond donors (Lipinski definition) is 1. The van der Waals surface area contributed by atoms with E-state index >= 15 is 0 Å². The Morgan fingerprint density at radius 2 is 2.14 bits per heavy atom. The second-order valence-electron chi connectivity index (χ2n) is 4.83. The van der Waals surface area contributed by atoms with Gasteiger partial charge in [-0.05, 0) is 17.7 Å². The number of carboxylic acid groups (broad SMARTS) is 1. The normalized spacial score (nSPS) is 18.6. The van der Waals surface area contributed by atoms with Gasteiger partial charge in [-0.3, -0.25) is 9.59 Å². The molecule has 5 nitrogen and oxygen atoms in total. The lowest BCUT2D eigenvalue weighted by Crippen LogP contribution is -2.50. The summed E-state index contributed by atoms with van der Waals surface area (Å²) in [6, 6.07) is 4.52. The zero-order valence-electron chi connectivity index (χ0n) is 11.2. The molecule has 1 aromatic rings. The Morgan fingerprint density at radius 3 is 2.81 bits per heavy atom. The molecule has 21 heavy (non-hydrogen) atoms. The quantitative estimate of drug-likeness (QED) is 0.918. The molecule has 1 heterocycles. The first-order valence-corrected chi connectivity index (χ1v) is 7.26. The molecular weight excluding hydrogens is 317 g/mol. The van der Waals surface area contributed by atoms with Gasteiger partial charge >= 0.3 is 5.97 Å². The molecule has 7 heteroatoms. The molecule has 0 aromatic heterocycles. The minimum Gasteiger partial charge on any atom is -0.481 e. The molecule has 1 unspecified atom stereocenters. The standard InChI is InChI=1S/C14H15Cl2NO4/c15-10-2-1-9(12(16)6-10)5-13(18)17-3-4-21-8-11(17)7-14(19)20/h1-2,6,11H,3-5,7-8H2,(H,19,20). The van der Waals surface area contributed by atoms with Gasteiger partial charge in [-0.25, -0.2) is 0 Å². The summed E-state index contributed by atoms with van der Waals surface area (Å²) in [7, 11) is 0. The largest absolute Gasteiger partial charge is 0.481 e. The SMILES string of the molecule is O=C(O)CC1COCCN1C(=O)Cc1ccc(Cl)cc1Cl. The highest BCUT2D eigenvalue weighted by molar-refractivity contribution is 6.35. The summed E-state index contributed by atoms with van der Waals surface area (Å²) in [6.07, 6.45) is -0.00773. The van der Waals surface area contributed by atoms with Crippen molar-refractivity contribution in [3.63, 3.8) is 0 Å². The number of ether oxygens (including phenoxy) is 1. The van der Waals surface area contributed by atoms with Crippen molar-refractivity contribution in [3.05, 3.63) is 33.8 Å². The number of amides is 1. The van der Waals surface area contributed by atoms with Crippen LogP contribution in [-0.4, -0.2) is 47.7 Å². The minimum atomic E-state index is -0.951. The molecule has 1 fully saturated rings. The van der Waals surface area contributed by atoms with Crippen molar-refractivity contribution >= 4 is 35.1 Å². The maximum absolute atomic E-state index is 12.4. The van der Waals surface area contributed by atoms with Gasteiger partial charge in [0, 0.05) is 16.6 Å². The lowest BCUT2D eigenvalue weighted by molar-refractivity contribution is -0.145. The molecule has 2 rings (SSSR count). The average molecular weight is 332 g/mol. The van der Waals surface area contributed by atoms with E-state index in [0.717, 1.165) is 0 Å². The van der Waals surface area contributed by atoms with Crippen molar-refractivity contribution in [1.29, 1.82) is 0 Å². The number of morpholine rings is 1. The van der Waals surface area contributed by atoms with Crippen LogP contribution in [0.5, 0.6) is 0 Å². The molecule has 114 valence electrons. The molecule has 0 aliphatic carbocycles. The van der Waals surface area contributed by atoms with E-state index in [2.05, 4.69) is 0 Å². The van der Waals surface area contributed by atoms with Crippen LogP contribution in [0.25, 0.3) is 0 Å². The van der Waals surface area contributed by atoms with Crippen LogP contribution in [0.3, 0.4) is 0 Å². The van der Waals surface area contributed by atoms with E-state index in [1.165, 1.54) is 0 Å². The van der Waals surface area contributed by atoms with E-state index < -0.39 is 12.0 Å². The lowest BCUT2D eigenvalue weighted by Gasteiger charge is -2.35. The lowest BCUT2D eigenvalue weighted by atomic mass is 10.1. The Morgan fingerprint density at radius 1 is 1.38 bits per heavy atom. The third-order valence-corrected chi connectivity index (χ3v) is 3.90. The molecule has 1 aliphatic rings. The van der Waals surface area contributed by atoms with Gasteiger partial charge in [0.2, 0.25) is 5.91 Å². The van der Waals surface area contributed by atoms with Crippen LogP contribution < -0.4 is 0 Å². The third-order valence-electron chi connectivity index (χ3n) is 3.31. The van der Waals surface area contributed by atoms with Crippen molar-refractivity contribution in [1.82, 2.24) is 4.90 Å². The van der Waals surface area contributed by atoms with Gasteiger partial charge in [-0.1, -0.05) is 29.3 Å². The second kappa shape index (κ2) is 7.11. The van der Waals surface area contributed by atoms with E-state index in [0.29, 0.717) is 28.8 Å². The van der Waals surface area contributed by atoms with Crippen LogP contribution in [0, 0.1) is 0 Å². The number of benzene rings is 1. The predicted molar refractivity (Wildman–Crippen MR) is 78.7 cm³/mol. The van der Waals surface area contributed by atoms with Crippen LogP contribution in [-0.2, 0) is 20.7 Å². The molecule has 0 saturated carbocycles. The molecule has 1 saturated heterocycles. The smallest absolute Gasteiger partial charge is 0.305 e. The first kappa shape index (κ1) is 16.1. The maximum atomic E-state index is 12.4. The van der Waals surface area contributed by atoms with E-state index in [1.54, 1.807) is 23.1 Å². The highest BCUT2D eigenvalue weighted by Gasteiger charge is 2.29. The van der Waals surface area contributed by atoms with Crippen molar-refractivity contribution in [3.8, 4) is 0 Å². The second-order valence-corrected chi connectivity index (χ2v) is 5.67. The van der Waals surface area contributed by atoms with E-state index in [9.17, 15) is 9.59 Å². The first-order chi connectivity index (χ1) is 9.97. The number of carbonyl (C=O) groups excluding carboxylic acids is 1. The fourth-order valence-electron chi connectivity index (χ4n) is 2.28. The van der Waals surface area contributed by atoms with Crippen molar-refractivity contribution in [2.24, 2.45) is 0 Å². The fraction of sp³-hybridized carbons (Fsp3) is 0.429. The Balaban J connectivity index is 2.08. The molecule has 0 bridgehead atoms. The molecule has 0 spiro atoms. The summed E-state index contributed by atoms with van der Waals surface area (Å²) in [4.78, 5) is 24.8. The number of aliphatic carboxylic acids is 1. The molecule has 1 aliphatic heterocycles. The highest BCUT2D eigenvalue weighted by atomic mass is 35.5. The van der Waals surface area contributed by atoms with Gasteiger partial charge in [0.15, 0.2) is 0 Å². The van der Waals surface area contributed by atoms with Crippen LogP contribution in [0.1, 0.15) is 12.0 Å². The van der Waals surface area contributed by atoms with E-state index in [-0.39, 0.29) is 25.4 Å². The monoisotopic (exact) mass is 331 g/mol. The van der Waals surface area contributed by atoms with Crippen LogP contribution >= 0.6 is 23.2 Å². The molecule has 1 atom stereocenters. The minimum absolute atomic E-state index is 0.117. The molecular formula is C14H15Cl2NO4. The van der Waals surface area contributed by atoms with Crippen molar-refractivity contribution < 1.29 is 19.4 Å². The van der Waals surface area contributed by atoms with Gasteiger partial charge < -0.3 is 14.7 Å².